The number of benzene rings is 2. The Balaban J connectivity index is 1.45. The molecule has 1 fully saturated rings. The molecule has 6 heteroatoms. The highest BCUT2D eigenvalue weighted by Crippen LogP contribution is 2.23. The van der Waals surface area contributed by atoms with Crippen LogP contribution in [0.15, 0.2) is 48.5 Å². The second kappa shape index (κ2) is 10.2. The molecule has 1 atom stereocenters. The van der Waals surface area contributed by atoms with Crippen molar-refractivity contribution in [3.05, 3.63) is 65.5 Å². The average molecular weight is 413 g/mol. The van der Waals surface area contributed by atoms with Crippen molar-refractivity contribution in [2.45, 2.75) is 38.7 Å². The van der Waals surface area contributed by atoms with E-state index in [0.717, 1.165) is 19.3 Å². The van der Waals surface area contributed by atoms with Gasteiger partial charge >= 0.3 is 5.97 Å². The van der Waals surface area contributed by atoms with Crippen molar-refractivity contribution < 1.29 is 23.5 Å². The lowest BCUT2D eigenvalue weighted by atomic mass is 9.90. The lowest BCUT2D eigenvalue weighted by Crippen LogP contribution is -2.44. The molecule has 0 aromatic heterocycles. The molecule has 0 aliphatic carbocycles. The molecule has 0 radical (unpaired) electrons. The Morgan fingerprint density at radius 1 is 1.10 bits per heavy atom. The van der Waals surface area contributed by atoms with E-state index in [1.54, 1.807) is 17.9 Å². The lowest BCUT2D eigenvalue weighted by molar-refractivity contribution is -0.159. The van der Waals surface area contributed by atoms with Crippen LogP contribution in [0, 0.1) is 11.7 Å². The van der Waals surface area contributed by atoms with Crippen LogP contribution in [0.5, 0.6) is 5.75 Å². The molecule has 2 aromatic carbocycles. The Morgan fingerprint density at radius 3 is 2.43 bits per heavy atom. The number of methoxy groups -OCH3 is 1. The summed E-state index contributed by atoms with van der Waals surface area (Å²) in [5.41, 5.74) is 1.79. The summed E-state index contributed by atoms with van der Waals surface area (Å²) >= 11 is 0. The molecule has 3 rings (SSSR count). The molecule has 5 nitrogen and oxygen atoms in total. The summed E-state index contributed by atoms with van der Waals surface area (Å²) in [4.78, 5) is 26.6. The van der Waals surface area contributed by atoms with E-state index in [0.29, 0.717) is 24.6 Å². The zero-order chi connectivity index (χ0) is 21.5. The van der Waals surface area contributed by atoms with Gasteiger partial charge < -0.3 is 14.4 Å². The first-order chi connectivity index (χ1) is 14.5. The maximum Gasteiger partial charge on any atom is 0.311 e. The number of rotatable bonds is 7. The number of carbonyl (C=O) groups excluding carboxylic acids is 2. The van der Waals surface area contributed by atoms with Gasteiger partial charge in [-0.1, -0.05) is 36.4 Å². The molecule has 2 aromatic rings. The molecule has 1 saturated heterocycles. The van der Waals surface area contributed by atoms with Crippen molar-refractivity contribution in [1.82, 2.24) is 4.90 Å². The zero-order valence-corrected chi connectivity index (χ0v) is 17.5. The Bertz CT molecular complexity index is 863. The number of hydrogen-bond donors (Lipinski definition) is 0. The number of esters is 1. The SMILES string of the molecule is COc1ccc(CC(=O)O[C@H](C)C(=O)N2CCC(Cc3ccccc3)CC2)cc1F. The van der Waals surface area contributed by atoms with E-state index in [1.807, 2.05) is 18.2 Å². The molecule has 0 unspecified atom stereocenters. The highest BCUT2D eigenvalue weighted by molar-refractivity contribution is 5.84. The lowest BCUT2D eigenvalue weighted by Gasteiger charge is -2.33. The van der Waals surface area contributed by atoms with E-state index in [4.69, 9.17) is 9.47 Å². The van der Waals surface area contributed by atoms with Gasteiger partial charge in [0.25, 0.3) is 5.91 Å². The van der Waals surface area contributed by atoms with Gasteiger partial charge in [0.05, 0.1) is 13.5 Å². The van der Waals surface area contributed by atoms with Crippen LogP contribution in [-0.4, -0.2) is 43.1 Å². The first-order valence-corrected chi connectivity index (χ1v) is 10.3. The Hall–Kier alpha value is -2.89. The van der Waals surface area contributed by atoms with Crippen molar-refractivity contribution in [3.63, 3.8) is 0 Å². The molecule has 0 saturated carbocycles. The molecule has 0 spiro atoms. The van der Waals surface area contributed by atoms with Gasteiger partial charge in [-0.2, -0.15) is 0 Å². The van der Waals surface area contributed by atoms with Gasteiger partial charge in [-0.05, 0) is 55.4 Å². The summed E-state index contributed by atoms with van der Waals surface area (Å²) < 4.78 is 23.9. The molecule has 0 bridgehead atoms. The molecule has 30 heavy (non-hydrogen) atoms. The van der Waals surface area contributed by atoms with Crippen LogP contribution in [0.2, 0.25) is 0 Å². The molecule has 1 amide bonds. The van der Waals surface area contributed by atoms with Gasteiger partial charge in [0.2, 0.25) is 0 Å². The number of ether oxygens (including phenoxy) is 2. The van der Waals surface area contributed by atoms with Crippen LogP contribution in [0.25, 0.3) is 0 Å². The van der Waals surface area contributed by atoms with Gasteiger partial charge in [-0.3, -0.25) is 9.59 Å². The van der Waals surface area contributed by atoms with Crippen molar-refractivity contribution in [2.24, 2.45) is 5.92 Å². The van der Waals surface area contributed by atoms with Gasteiger partial charge in [0, 0.05) is 13.1 Å². The molecule has 1 aliphatic heterocycles. The Labute approximate surface area is 176 Å². The predicted octanol–water partition coefficient (Wildman–Crippen LogP) is 3.79. The smallest absolute Gasteiger partial charge is 0.311 e. The maximum atomic E-state index is 13.8. The fourth-order valence-corrected chi connectivity index (χ4v) is 3.84. The zero-order valence-electron chi connectivity index (χ0n) is 17.5. The van der Waals surface area contributed by atoms with Crippen LogP contribution >= 0.6 is 0 Å². The van der Waals surface area contributed by atoms with E-state index in [1.165, 1.54) is 24.8 Å². The third-order valence-electron chi connectivity index (χ3n) is 5.51. The minimum atomic E-state index is -0.855. The van der Waals surface area contributed by atoms with Crippen molar-refractivity contribution in [3.8, 4) is 5.75 Å². The average Bonchev–Trinajstić information content (AvgIpc) is 2.74. The second-order valence-corrected chi connectivity index (χ2v) is 7.74. The van der Waals surface area contributed by atoms with E-state index < -0.39 is 17.9 Å². The standard InChI is InChI=1S/C24H28FNO4/c1-17(30-23(27)16-20-8-9-22(29-2)21(25)15-20)24(28)26-12-10-19(11-13-26)14-18-6-4-3-5-7-18/h3-9,15,17,19H,10-14,16H2,1-2H3/t17-/m1/s1. The number of nitrogens with zero attached hydrogens (tertiary/aromatic N) is 1. The molecule has 1 heterocycles. The molecule has 160 valence electrons. The first-order valence-electron chi connectivity index (χ1n) is 10.3. The van der Waals surface area contributed by atoms with Crippen molar-refractivity contribution >= 4 is 11.9 Å². The first kappa shape index (κ1) is 21.8. The van der Waals surface area contributed by atoms with Gasteiger partial charge in [0.15, 0.2) is 17.7 Å². The normalized spacial score (nSPS) is 15.5. The number of hydrogen-bond acceptors (Lipinski definition) is 4. The van der Waals surface area contributed by atoms with E-state index in [-0.39, 0.29) is 18.1 Å². The summed E-state index contributed by atoms with van der Waals surface area (Å²) in [5.74, 6) is -0.599. The Morgan fingerprint density at radius 2 is 1.80 bits per heavy atom. The van der Waals surface area contributed by atoms with Crippen molar-refractivity contribution in [2.75, 3.05) is 20.2 Å². The van der Waals surface area contributed by atoms with Gasteiger partial charge in [-0.15, -0.1) is 0 Å². The Kier molecular flexibility index (Phi) is 7.44. The topological polar surface area (TPSA) is 55.8 Å². The van der Waals surface area contributed by atoms with Crippen LogP contribution in [0.4, 0.5) is 4.39 Å². The fraction of sp³-hybridized carbons (Fsp3) is 0.417. The summed E-state index contributed by atoms with van der Waals surface area (Å²) in [6.07, 6.45) is 1.94. The largest absolute Gasteiger partial charge is 0.494 e. The number of piperidine rings is 1. The highest BCUT2D eigenvalue weighted by Gasteiger charge is 2.28. The number of likely N-dealkylation sites (tertiary alicyclic amines) is 1. The van der Waals surface area contributed by atoms with Crippen LogP contribution in [-0.2, 0) is 27.2 Å². The van der Waals surface area contributed by atoms with Crippen LogP contribution < -0.4 is 4.74 Å². The maximum absolute atomic E-state index is 13.8. The monoisotopic (exact) mass is 413 g/mol. The quantitative estimate of drug-likeness (QED) is 0.648. The number of amides is 1. The van der Waals surface area contributed by atoms with Crippen LogP contribution in [0.3, 0.4) is 0 Å². The van der Waals surface area contributed by atoms with Crippen LogP contribution in [0.1, 0.15) is 30.9 Å². The molecule has 0 N–H and O–H groups in total. The summed E-state index contributed by atoms with van der Waals surface area (Å²) in [7, 11) is 1.38. The third kappa shape index (κ3) is 5.81. The second-order valence-electron chi connectivity index (χ2n) is 7.74. The predicted molar refractivity (Wildman–Crippen MR) is 112 cm³/mol. The highest BCUT2D eigenvalue weighted by atomic mass is 19.1. The molecular formula is C24H28FNO4. The fourth-order valence-electron chi connectivity index (χ4n) is 3.84. The number of carbonyl (C=O) groups is 2. The summed E-state index contributed by atoms with van der Waals surface area (Å²) in [6, 6.07) is 14.7. The summed E-state index contributed by atoms with van der Waals surface area (Å²) in [5, 5.41) is 0. The molecular weight excluding hydrogens is 385 g/mol. The molecule has 1 aliphatic rings. The van der Waals surface area contributed by atoms with Gasteiger partial charge in [0.1, 0.15) is 0 Å². The third-order valence-corrected chi connectivity index (χ3v) is 5.51. The summed E-state index contributed by atoms with van der Waals surface area (Å²) in [6.45, 7) is 2.93. The van der Waals surface area contributed by atoms with E-state index in [9.17, 15) is 14.0 Å². The minimum absolute atomic E-state index is 0.0995. The minimum Gasteiger partial charge on any atom is -0.494 e. The van der Waals surface area contributed by atoms with Crippen molar-refractivity contribution in [1.29, 1.82) is 0 Å². The van der Waals surface area contributed by atoms with E-state index >= 15 is 0 Å². The van der Waals surface area contributed by atoms with Gasteiger partial charge in [-0.25, -0.2) is 4.39 Å². The number of halogens is 1. The van der Waals surface area contributed by atoms with E-state index in [2.05, 4.69) is 12.1 Å².